The van der Waals surface area contributed by atoms with Gasteiger partial charge in [0.1, 0.15) is 0 Å². The molecule has 0 aromatic carbocycles. The van der Waals surface area contributed by atoms with Crippen LogP contribution in [0.4, 0.5) is 0 Å². The molecule has 48 valence electrons. The third-order valence-corrected chi connectivity index (χ3v) is 0.765. The monoisotopic (exact) mass is 136 g/mol. The van der Waals surface area contributed by atoms with E-state index in [4.69, 9.17) is 5.11 Å². The Morgan fingerprint density at radius 1 is 1.75 bits per heavy atom. The summed E-state index contributed by atoms with van der Waals surface area (Å²) in [6.45, 7) is -0.535. The van der Waals surface area contributed by atoms with E-state index in [9.17, 15) is 4.79 Å². The molecule has 0 bridgehead atoms. The molecule has 4 heteroatoms. The van der Waals surface area contributed by atoms with E-state index in [0.29, 0.717) is 5.75 Å². The van der Waals surface area contributed by atoms with E-state index in [1.807, 2.05) is 0 Å². The normalized spacial score (nSPS) is 8.75. The Morgan fingerprint density at radius 2 is 2.38 bits per heavy atom. The summed E-state index contributed by atoms with van der Waals surface area (Å²) in [6, 6.07) is 0. The van der Waals surface area contributed by atoms with Gasteiger partial charge in [0.25, 0.3) is 0 Å². The highest BCUT2D eigenvalue weighted by molar-refractivity contribution is 7.80. The lowest BCUT2D eigenvalue weighted by atomic mass is 10.5. The van der Waals surface area contributed by atoms with Crippen LogP contribution in [-0.4, -0.2) is 23.6 Å². The van der Waals surface area contributed by atoms with Gasteiger partial charge in [-0.05, 0) is 0 Å². The summed E-state index contributed by atoms with van der Waals surface area (Å²) in [7, 11) is 0. The first-order valence-corrected chi connectivity index (χ1v) is 2.82. The van der Waals surface area contributed by atoms with Crippen LogP contribution in [0.15, 0.2) is 0 Å². The lowest BCUT2D eigenvalue weighted by Crippen LogP contribution is -2.04. The number of rotatable bonds is 3. The summed E-state index contributed by atoms with van der Waals surface area (Å²) >= 11 is 3.77. The third kappa shape index (κ3) is 3.95. The number of hydrogen-bond donors (Lipinski definition) is 2. The number of aliphatic hydroxyl groups excluding tert-OH is 1. The molecule has 0 saturated carbocycles. The molecule has 0 amide bonds. The first kappa shape index (κ1) is 7.78. The standard InChI is InChI=1S/C4H8O3S/c5-3-7-4(6)1-2-8/h5,8H,1-3H2. The number of hydrogen-bond acceptors (Lipinski definition) is 4. The summed E-state index contributed by atoms with van der Waals surface area (Å²) < 4.78 is 4.15. The molecular formula is C4H8O3S. The number of ether oxygens (including phenoxy) is 1. The molecule has 0 rings (SSSR count). The molecule has 8 heavy (non-hydrogen) atoms. The highest BCUT2D eigenvalue weighted by Crippen LogP contribution is 1.86. The summed E-state index contributed by atoms with van der Waals surface area (Å²) in [5.74, 6) is 0.0428. The van der Waals surface area contributed by atoms with E-state index in [1.165, 1.54) is 0 Å². The minimum absolute atomic E-state index is 0.254. The molecule has 0 aromatic rings. The van der Waals surface area contributed by atoms with Crippen molar-refractivity contribution >= 4 is 18.6 Å². The van der Waals surface area contributed by atoms with Crippen molar-refractivity contribution in [1.29, 1.82) is 0 Å². The molecule has 0 aromatic heterocycles. The molecule has 1 N–H and O–H groups in total. The fraction of sp³-hybridized carbons (Fsp3) is 0.750. The summed E-state index contributed by atoms with van der Waals surface area (Å²) in [5.41, 5.74) is 0. The third-order valence-electron chi connectivity index (χ3n) is 0.541. The fourth-order valence-electron chi connectivity index (χ4n) is 0.235. The second-order valence-electron chi connectivity index (χ2n) is 1.12. The zero-order valence-corrected chi connectivity index (χ0v) is 5.23. The van der Waals surface area contributed by atoms with Crippen LogP contribution in [0, 0.1) is 0 Å². The molecule has 0 saturated heterocycles. The van der Waals surface area contributed by atoms with Gasteiger partial charge in [0.05, 0.1) is 6.42 Å². The van der Waals surface area contributed by atoms with Gasteiger partial charge in [-0.2, -0.15) is 12.6 Å². The highest BCUT2D eigenvalue weighted by atomic mass is 32.1. The van der Waals surface area contributed by atoms with Crippen LogP contribution in [0.3, 0.4) is 0 Å². The van der Waals surface area contributed by atoms with Crippen LogP contribution in [0.25, 0.3) is 0 Å². The second kappa shape index (κ2) is 4.93. The van der Waals surface area contributed by atoms with Crippen LogP contribution >= 0.6 is 12.6 Å². The Bertz CT molecular complexity index is 65.7. The van der Waals surface area contributed by atoms with Crippen molar-refractivity contribution in [3.8, 4) is 0 Å². The van der Waals surface area contributed by atoms with E-state index >= 15 is 0 Å². The van der Waals surface area contributed by atoms with Gasteiger partial charge >= 0.3 is 5.97 Å². The summed E-state index contributed by atoms with van der Waals surface area (Å²) in [5, 5.41) is 8.00. The van der Waals surface area contributed by atoms with Crippen LogP contribution in [0.2, 0.25) is 0 Å². The maximum absolute atomic E-state index is 10.2. The quantitative estimate of drug-likeness (QED) is 0.321. The van der Waals surface area contributed by atoms with Crippen molar-refractivity contribution in [2.24, 2.45) is 0 Å². The van der Waals surface area contributed by atoms with Gasteiger partial charge in [-0.25, -0.2) is 0 Å². The second-order valence-corrected chi connectivity index (χ2v) is 1.57. The Balaban J connectivity index is 3.06. The summed E-state index contributed by atoms with van der Waals surface area (Å²) in [4.78, 5) is 10.2. The Morgan fingerprint density at radius 3 is 2.75 bits per heavy atom. The number of carbonyl (C=O) groups is 1. The number of carbonyl (C=O) groups excluding carboxylic acids is 1. The van der Waals surface area contributed by atoms with Crippen molar-refractivity contribution in [3.63, 3.8) is 0 Å². The van der Waals surface area contributed by atoms with Crippen molar-refractivity contribution in [2.75, 3.05) is 12.5 Å². The SMILES string of the molecule is O=C(CCS)OCO. The predicted octanol–water partition coefficient (Wildman–Crippen LogP) is -0.201. The van der Waals surface area contributed by atoms with Crippen molar-refractivity contribution in [2.45, 2.75) is 6.42 Å². The Hall–Kier alpha value is -0.220. The molecule has 0 fully saturated rings. The van der Waals surface area contributed by atoms with Crippen molar-refractivity contribution < 1.29 is 14.6 Å². The van der Waals surface area contributed by atoms with Gasteiger partial charge in [-0.1, -0.05) is 0 Å². The Kier molecular flexibility index (Phi) is 4.79. The molecule has 0 heterocycles. The van der Waals surface area contributed by atoms with Crippen LogP contribution in [-0.2, 0) is 9.53 Å². The number of aliphatic hydroxyl groups is 1. The van der Waals surface area contributed by atoms with E-state index in [-0.39, 0.29) is 6.42 Å². The topological polar surface area (TPSA) is 46.5 Å². The maximum atomic E-state index is 10.2. The molecule has 0 atom stereocenters. The average molecular weight is 136 g/mol. The lowest BCUT2D eigenvalue weighted by Gasteiger charge is -1.95. The van der Waals surface area contributed by atoms with Crippen LogP contribution in [0.5, 0.6) is 0 Å². The molecule has 0 aliphatic heterocycles. The molecule has 3 nitrogen and oxygen atoms in total. The smallest absolute Gasteiger partial charge is 0.308 e. The van der Waals surface area contributed by atoms with Gasteiger partial charge in [0, 0.05) is 5.75 Å². The largest absolute Gasteiger partial charge is 0.439 e. The predicted molar refractivity (Wildman–Crippen MR) is 31.6 cm³/mol. The van der Waals surface area contributed by atoms with E-state index in [0.717, 1.165) is 0 Å². The van der Waals surface area contributed by atoms with Gasteiger partial charge in [-0.15, -0.1) is 0 Å². The molecule has 0 aliphatic carbocycles. The fourth-order valence-corrected chi connectivity index (χ4v) is 0.418. The average Bonchev–Trinajstić information content (AvgIpc) is 1.68. The molecule has 0 radical (unpaired) electrons. The zero-order valence-electron chi connectivity index (χ0n) is 4.33. The minimum atomic E-state index is -0.535. The highest BCUT2D eigenvalue weighted by Gasteiger charge is 1.96. The molecular weight excluding hydrogens is 128 g/mol. The van der Waals surface area contributed by atoms with E-state index in [2.05, 4.69) is 17.4 Å². The van der Waals surface area contributed by atoms with Gasteiger partial charge < -0.3 is 9.84 Å². The van der Waals surface area contributed by atoms with Gasteiger partial charge in [0.2, 0.25) is 0 Å². The number of esters is 1. The first-order chi connectivity index (χ1) is 3.81. The Labute approximate surface area is 53.1 Å². The zero-order chi connectivity index (χ0) is 6.41. The van der Waals surface area contributed by atoms with Crippen molar-refractivity contribution in [1.82, 2.24) is 0 Å². The molecule has 0 aliphatic rings. The maximum Gasteiger partial charge on any atom is 0.308 e. The summed E-state index contributed by atoms with van der Waals surface area (Å²) in [6.07, 6.45) is 0.254. The van der Waals surface area contributed by atoms with E-state index < -0.39 is 12.8 Å². The molecule has 0 spiro atoms. The molecule has 0 unspecified atom stereocenters. The van der Waals surface area contributed by atoms with E-state index in [1.54, 1.807) is 0 Å². The lowest BCUT2D eigenvalue weighted by molar-refractivity contribution is -0.151. The van der Waals surface area contributed by atoms with Crippen LogP contribution in [0.1, 0.15) is 6.42 Å². The van der Waals surface area contributed by atoms with Gasteiger partial charge in [-0.3, -0.25) is 4.79 Å². The first-order valence-electron chi connectivity index (χ1n) is 2.18. The van der Waals surface area contributed by atoms with Crippen LogP contribution < -0.4 is 0 Å². The van der Waals surface area contributed by atoms with Crippen molar-refractivity contribution in [3.05, 3.63) is 0 Å². The minimum Gasteiger partial charge on any atom is -0.439 e. The van der Waals surface area contributed by atoms with Gasteiger partial charge in [0.15, 0.2) is 6.79 Å². The number of thiol groups is 1.